The van der Waals surface area contributed by atoms with Crippen molar-refractivity contribution in [3.63, 3.8) is 0 Å². The van der Waals surface area contributed by atoms with Gasteiger partial charge >= 0.3 is 0 Å². The average molecular weight is 251 g/mol. The fraction of sp³-hybridized carbons (Fsp3) is 0.538. The lowest BCUT2D eigenvalue weighted by Gasteiger charge is -2.13. The molecule has 1 amide bonds. The second kappa shape index (κ2) is 5.91. The quantitative estimate of drug-likeness (QED) is 0.877. The molecule has 18 heavy (non-hydrogen) atoms. The molecule has 0 aliphatic carbocycles. The van der Waals surface area contributed by atoms with Crippen LogP contribution in [0.5, 0.6) is 0 Å². The zero-order valence-corrected chi connectivity index (χ0v) is 10.5. The van der Waals surface area contributed by atoms with Gasteiger partial charge in [0.15, 0.2) is 5.82 Å². The molecule has 0 aromatic carbocycles. The van der Waals surface area contributed by atoms with Crippen LogP contribution in [0.3, 0.4) is 0 Å². The molecule has 1 saturated heterocycles. The predicted octanol–water partition coefficient (Wildman–Crippen LogP) is 1.29. The number of nitrogens with zero attached hydrogens (tertiary/aromatic N) is 2. The average Bonchev–Trinajstić information content (AvgIpc) is 2.84. The van der Waals surface area contributed by atoms with Crippen LogP contribution in [-0.2, 0) is 0 Å². The van der Waals surface area contributed by atoms with E-state index in [1.54, 1.807) is 0 Å². The van der Waals surface area contributed by atoms with E-state index in [4.69, 9.17) is 0 Å². The summed E-state index contributed by atoms with van der Waals surface area (Å²) < 4.78 is 13.3. The van der Waals surface area contributed by atoms with E-state index in [1.807, 2.05) is 0 Å². The normalized spacial score (nSPS) is 20.0. The van der Waals surface area contributed by atoms with E-state index in [0.717, 1.165) is 32.3 Å². The number of nitrogens with one attached hydrogen (secondary N) is 1. The minimum atomic E-state index is -0.573. The first-order valence-electron chi connectivity index (χ1n) is 6.30. The van der Waals surface area contributed by atoms with Crippen molar-refractivity contribution in [2.45, 2.75) is 13.3 Å². The highest BCUT2D eigenvalue weighted by Crippen LogP contribution is 2.14. The van der Waals surface area contributed by atoms with Gasteiger partial charge in [0.05, 0.1) is 11.8 Å². The number of hydrogen-bond acceptors (Lipinski definition) is 3. The summed E-state index contributed by atoms with van der Waals surface area (Å²) >= 11 is 0. The van der Waals surface area contributed by atoms with Gasteiger partial charge in [-0.15, -0.1) is 0 Å². The van der Waals surface area contributed by atoms with Crippen molar-refractivity contribution in [1.82, 2.24) is 15.2 Å². The second-order valence-corrected chi connectivity index (χ2v) is 4.61. The fourth-order valence-corrected chi connectivity index (χ4v) is 2.26. The van der Waals surface area contributed by atoms with E-state index in [0.29, 0.717) is 12.5 Å². The number of likely N-dealkylation sites (tertiary alicyclic amines) is 1. The first kappa shape index (κ1) is 13.0. The zero-order chi connectivity index (χ0) is 13.0. The molecule has 2 rings (SSSR count). The third-order valence-corrected chi connectivity index (χ3v) is 3.39. The Morgan fingerprint density at radius 1 is 1.67 bits per heavy atom. The minimum absolute atomic E-state index is 0.0651. The maximum absolute atomic E-state index is 13.3. The molecule has 98 valence electrons. The SMILES string of the molecule is CCN1CCC(CNC(=O)c2ccncc2F)C1. The highest BCUT2D eigenvalue weighted by Gasteiger charge is 2.22. The van der Waals surface area contributed by atoms with Crippen LogP contribution < -0.4 is 5.32 Å². The summed E-state index contributed by atoms with van der Waals surface area (Å²) in [7, 11) is 0. The van der Waals surface area contributed by atoms with Crippen molar-refractivity contribution in [1.29, 1.82) is 0 Å². The molecule has 0 spiro atoms. The molecule has 1 unspecified atom stereocenters. The molecule has 1 aromatic rings. The van der Waals surface area contributed by atoms with Crippen LogP contribution >= 0.6 is 0 Å². The van der Waals surface area contributed by atoms with Gasteiger partial charge in [-0.25, -0.2) is 4.39 Å². The standard InChI is InChI=1S/C13H18FN3O/c1-2-17-6-4-10(9-17)7-16-13(18)11-3-5-15-8-12(11)14/h3,5,8,10H,2,4,6-7,9H2,1H3,(H,16,18). The molecule has 1 fully saturated rings. The van der Waals surface area contributed by atoms with Gasteiger partial charge < -0.3 is 10.2 Å². The van der Waals surface area contributed by atoms with Gasteiger partial charge in [0.2, 0.25) is 0 Å². The van der Waals surface area contributed by atoms with Gasteiger partial charge in [0, 0.05) is 19.3 Å². The van der Waals surface area contributed by atoms with Crippen LogP contribution in [0.1, 0.15) is 23.7 Å². The molecular weight excluding hydrogens is 233 g/mol. The number of carbonyl (C=O) groups excluding carboxylic acids is 1. The van der Waals surface area contributed by atoms with E-state index < -0.39 is 5.82 Å². The monoisotopic (exact) mass is 251 g/mol. The molecule has 1 aliphatic heterocycles. The highest BCUT2D eigenvalue weighted by atomic mass is 19.1. The molecule has 0 saturated carbocycles. The smallest absolute Gasteiger partial charge is 0.254 e. The molecular formula is C13H18FN3O. The van der Waals surface area contributed by atoms with Gasteiger partial charge in [0.25, 0.3) is 5.91 Å². The topological polar surface area (TPSA) is 45.2 Å². The lowest BCUT2D eigenvalue weighted by atomic mass is 10.1. The molecule has 0 radical (unpaired) electrons. The lowest BCUT2D eigenvalue weighted by molar-refractivity contribution is 0.0943. The Kier molecular flexibility index (Phi) is 4.25. The van der Waals surface area contributed by atoms with E-state index >= 15 is 0 Å². The van der Waals surface area contributed by atoms with Crippen molar-refractivity contribution in [2.75, 3.05) is 26.2 Å². The number of rotatable bonds is 4. The summed E-state index contributed by atoms with van der Waals surface area (Å²) in [6, 6.07) is 1.40. The Bertz CT molecular complexity index is 424. The summed E-state index contributed by atoms with van der Waals surface area (Å²) in [5.74, 6) is -0.458. The first-order valence-corrected chi connectivity index (χ1v) is 6.30. The van der Waals surface area contributed by atoms with Crippen molar-refractivity contribution in [2.24, 2.45) is 5.92 Å². The molecule has 1 atom stereocenters. The van der Waals surface area contributed by atoms with Crippen LogP contribution in [0.15, 0.2) is 18.5 Å². The summed E-state index contributed by atoms with van der Waals surface area (Å²) in [5, 5.41) is 2.79. The van der Waals surface area contributed by atoms with Crippen LogP contribution in [0.4, 0.5) is 4.39 Å². The van der Waals surface area contributed by atoms with Gasteiger partial charge in [-0.05, 0) is 31.5 Å². The Labute approximate surface area is 106 Å². The Morgan fingerprint density at radius 3 is 3.17 bits per heavy atom. The molecule has 1 N–H and O–H groups in total. The van der Waals surface area contributed by atoms with Crippen LogP contribution in [0.2, 0.25) is 0 Å². The first-order chi connectivity index (χ1) is 8.70. The van der Waals surface area contributed by atoms with Crippen LogP contribution in [0, 0.1) is 11.7 Å². The molecule has 4 nitrogen and oxygen atoms in total. The van der Waals surface area contributed by atoms with Gasteiger partial charge in [0.1, 0.15) is 0 Å². The zero-order valence-electron chi connectivity index (χ0n) is 10.5. The molecule has 1 aliphatic rings. The Hall–Kier alpha value is -1.49. The number of hydrogen-bond donors (Lipinski definition) is 1. The largest absolute Gasteiger partial charge is 0.352 e. The van der Waals surface area contributed by atoms with E-state index in [-0.39, 0.29) is 11.5 Å². The predicted molar refractivity (Wildman–Crippen MR) is 66.7 cm³/mol. The maximum atomic E-state index is 13.3. The number of carbonyl (C=O) groups is 1. The minimum Gasteiger partial charge on any atom is -0.352 e. The lowest BCUT2D eigenvalue weighted by Crippen LogP contribution is -2.31. The number of aromatic nitrogens is 1. The highest BCUT2D eigenvalue weighted by molar-refractivity contribution is 5.94. The third kappa shape index (κ3) is 3.04. The van der Waals surface area contributed by atoms with Crippen molar-refractivity contribution in [3.05, 3.63) is 29.8 Å². The molecule has 0 bridgehead atoms. The van der Waals surface area contributed by atoms with Gasteiger partial charge in [-0.3, -0.25) is 9.78 Å². The van der Waals surface area contributed by atoms with Gasteiger partial charge in [-0.1, -0.05) is 6.92 Å². The van der Waals surface area contributed by atoms with Crippen LogP contribution in [0.25, 0.3) is 0 Å². The molecule has 1 aromatic heterocycles. The Morgan fingerprint density at radius 2 is 2.50 bits per heavy atom. The number of pyridine rings is 1. The fourth-order valence-electron chi connectivity index (χ4n) is 2.26. The summed E-state index contributed by atoms with van der Waals surface area (Å²) in [6.45, 7) is 5.88. The second-order valence-electron chi connectivity index (χ2n) is 4.61. The van der Waals surface area contributed by atoms with Crippen molar-refractivity contribution >= 4 is 5.91 Å². The van der Waals surface area contributed by atoms with Crippen molar-refractivity contribution < 1.29 is 9.18 Å². The maximum Gasteiger partial charge on any atom is 0.254 e. The van der Waals surface area contributed by atoms with E-state index in [9.17, 15) is 9.18 Å². The van der Waals surface area contributed by atoms with Crippen LogP contribution in [-0.4, -0.2) is 42.0 Å². The Balaban J connectivity index is 1.84. The van der Waals surface area contributed by atoms with Gasteiger partial charge in [-0.2, -0.15) is 0 Å². The summed E-state index contributed by atoms with van der Waals surface area (Å²) in [5.41, 5.74) is 0.0651. The molecule has 2 heterocycles. The third-order valence-electron chi connectivity index (χ3n) is 3.39. The molecule has 5 heteroatoms. The van der Waals surface area contributed by atoms with E-state index in [1.165, 1.54) is 12.3 Å². The summed E-state index contributed by atoms with van der Waals surface area (Å²) in [6.07, 6.45) is 3.57. The number of halogens is 1. The van der Waals surface area contributed by atoms with E-state index in [2.05, 4.69) is 22.1 Å². The van der Waals surface area contributed by atoms with Crippen molar-refractivity contribution in [3.8, 4) is 0 Å². The summed E-state index contributed by atoms with van der Waals surface area (Å²) in [4.78, 5) is 17.8. The number of amides is 1.